The van der Waals surface area contributed by atoms with Crippen LogP contribution in [0.25, 0.3) is 21.0 Å². The average Bonchev–Trinajstić information content (AvgIpc) is 1.50. The second-order valence-corrected chi connectivity index (χ2v) is 35.6. The first-order valence-electron chi connectivity index (χ1n) is 44.0. The van der Waals surface area contributed by atoms with Crippen molar-refractivity contribution in [2.45, 2.75) is 234 Å². The van der Waals surface area contributed by atoms with Crippen LogP contribution in [0.2, 0.25) is 0 Å². The number of aromatic nitrogens is 1. The van der Waals surface area contributed by atoms with Gasteiger partial charge in [-0.1, -0.05) is 102 Å². The fourth-order valence-corrected chi connectivity index (χ4v) is 18.0. The number of phenolic OH excluding ortho intramolecular Hbond substituents is 1. The van der Waals surface area contributed by atoms with E-state index < -0.39 is 229 Å². The quantitative estimate of drug-likeness (QED) is 0.0290. The van der Waals surface area contributed by atoms with E-state index in [2.05, 4.69) is 58.2 Å². The molecule has 17 amide bonds. The lowest BCUT2D eigenvalue weighted by molar-refractivity contribution is -0.149. The average molecular weight is 1850 g/mol. The summed E-state index contributed by atoms with van der Waals surface area (Å²) < 4.78 is 0.847. The van der Waals surface area contributed by atoms with Crippen LogP contribution in [0.4, 0.5) is 0 Å². The number of primary amides is 2. The number of benzene rings is 3. The zero-order valence-electron chi connectivity index (χ0n) is 74.8. The number of aromatic hydroxyl groups is 1. The Kier molecular flexibility index (Phi) is 39.6. The first-order valence-corrected chi connectivity index (χ1v) is 46.1. The van der Waals surface area contributed by atoms with Gasteiger partial charge in [0.15, 0.2) is 0 Å². The highest BCUT2D eigenvalue weighted by Crippen LogP contribution is 2.30. The number of H-pyrrole nitrogens is 1. The number of fused-ring (bicyclic) bond motifs is 4. The highest BCUT2D eigenvalue weighted by atomic mass is 32.2. The number of carbonyl (C=O) groups excluding carboxylic acids is 17. The predicted molar refractivity (Wildman–Crippen MR) is 486 cm³/mol. The molecule has 40 nitrogen and oxygen atoms in total. The first-order chi connectivity index (χ1) is 61.9. The highest BCUT2D eigenvalue weighted by Gasteiger charge is 2.47. The number of nitrogens with one attached hydrogen (secondary N) is 11. The van der Waals surface area contributed by atoms with Crippen LogP contribution in [0, 0.1) is 5.92 Å². The molecule has 23 N–H and O–H groups in total. The molecule has 8 rings (SSSR count). The summed E-state index contributed by atoms with van der Waals surface area (Å²) >= 11 is 2.17. The molecular weight excluding hydrogens is 1720 g/mol. The van der Waals surface area contributed by atoms with Gasteiger partial charge in [-0.3, -0.25) is 81.5 Å². The lowest BCUT2D eigenvalue weighted by Gasteiger charge is -2.36. The normalized spacial score (nSPS) is 25.3. The van der Waals surface area contributed by atoms with Crippen molar-refractivity contribution in [2.24, 2.45) is 34.6 Å². The number of phenols is 1. The van der Waals surface area contributed by atoms with Crippen LogP contribution in [0.1, 0.15) is 141 Å². The molecule has 3 aliphatic rings. The largest absolute Gasteiger partial charge is 0.508 e. The van der Waals surface area contributed by atoms with E-state index in [9.17, 15) is 58.2 Å². The van der Waals surface area contributed by atoms with Crippen LogP contribution in [0.15, 0.2) is 84.4 Å². The van der Waals surface area contributed by atoms with Gasteiger partial charge in [-0.25, -0.2) is 0 Å². The van der Waals surface area contributed by atoms with E-state index in [4.69, 9.17) is 28.7 Å². The number of amides is 17. The molecule has 42 heteroatoms. The van der Waals surface area contributed by atoms with Crippen molar-refractivity contribution in [3.05, 3.63) is 101 Å². The molecule has 0 radical (unpaired) electrons. The van der Waals surface area contributed by atoms with Crippen LogP contribution in [0.5, 0.6) is 5.75 Å². The molecule has 3 saturated heterocycles. The first kappa shape index (κ1) is 104. The summed E-state index contributed by atoms with van der Waals surface area (Å²) in [7, 11) is 4.00. The third-order valence-corrected chi connectivity index (χ3v) is 25.5. The fraction of sp³-hybridized carbons (Fsp3) is 0.557. The van der Waals surface area contributed by atoms with Gasteiger partial charge < -0.3 is 122 Å². The van der Waals surface area contributed by atoms with Crippen LogP contribution >= 0.6 is 23.1 Å². The van der Waals surface area contributed by atoms with E-state index >= 15 is 33.6 Å². The molecular formula is C88H127N21O19S2. The summed E-state index contributed by atoms with van der Waals surface area (Å²) in [6.45, 7) is 6.49. The molecule has 3 aliphatic heterocycles. The Morgan fingerprint density at radius 1 is 0.538 bits per heavy atom. The summed E-state index contributed by atoms with van der Waals surface area (Å²) in [6, 6.07) is -0.841. The van der Waals surface area contributed by atoms with Gasteiger partial charge in [0, 0.05) is 94.0 Å². The third kappa shape index (κ3) is 28.6. The number of nitrogens with two attached hydrogens (primary N) is 5. The Morgan fingerprint density at radius 3 is 1.76 bits per heavy atom. The minimum Gasteiger partial charge on any atom is -0.508 e. The lowest BCUT2D eigenvalue weighted by atomic mass is 9.99. The number of hydrogen-bond donors (Lipinski definition) is 18. The van der Waals surface area contributed by atoms with Crippen LogP contribution in [-0.4, -0.2) is 303 Å². The number of hydrogen-bond acceptors (Lipinski definition) is 24. The molecule has 15 atom stereocenters. The van der Waals surface area contributed by atoms with Crippen molar-refractivity contribution in [1.29, 1.82) is 0 Å². The van der Waals surface area contributed by atoms with Crippen LogP contribution in [-0.2, 0) is 101 Å². The van der Waals surface area contributed by atoms with Crippen molar-refractivity contribution in [3.8, 4) is 5.75 Å². The maximum atomic E-state index is 15.8. The zero-order valence-corrected chi connectivity index (χ0v) is 76.4. The van der Waals surface area contributed by atoms with Gasteiger partial charge in [0.25, 0.3) is 0 Å². The summed E-state index contributed by atoms with van der Waals surface area (Å²) in [5, 5.41) is 51.5. The number of para-hydroxylation sites is 1. The van der Waals surface area contributed by atoms with Gasteiger partial charge in [0.1, 0.15) is 90.3 Å². The molecule has 0 spiro atoms. The van der Waals surface area contributed by atoms with Crippen molar-refractivity contribution in [2.75, 3.05) is 71.9 Å². The van der Waals surface area contributed by atoms with Gasteiger partial charge >= 0.3 is 0 Å². The minimum absolute atomic E-state index is 0.00520. The van der Waals surface area contributed by atoms with E-state index in [1.54, 1.807) is 50.4 Å². The number of aliphatic hydroxyl groups excluding tert-OH is 1. The molecule has 3 aromatic carbocycles. The maximum absolute atomic E-state index is 15.8. The molecule has 5 heterocycles. The standard InChI is InChI=1S/C88H127N21O19S2/c1-9-11-23-67-81(121)98-58(22-17-32-89)77(117)104-66(76(116)95-43-73(93)113)46-129-47-74(114)96-62(36-50-27-29-53(110)30-28-50)84(124)105(6)49(5)75(115)100-64(40-72(92)112)86(126)108-34-18-25-68(108)82(122)103-65(41-91)80(120)101-61(35-48(3)4)87(127)109-44-54(111)39-70(109)83(123)99-60(37-51-42-94-57-21-15-13-19-55(51)57)79(119)97-59(31-33-90)78(118)102-63(38-52-45-130-71-26-16-14-20-56(52)71)85(125)107(8)69(24-12-10-2)88(128)106(67)7/h13-16,19-21,26-30,42,45,48-49,54,58-70,94,110-111H,9-12,17-18,22-25,31-41,43-44,46-47,89-91H2,1-8H3,(H2,92,112)(H2,93,113)(H,95,116)(H,96,114)(H,97,119)(H,98,121)(H,99,123)(H,100,115)(H,101,120)(H,102,118)(H,103,122)(H,104,117)/t49-,54+,58-,59-,60-,61-,62-,63-,64-,65-,66-,67-,68-,69-,70-/m0/s1. The second kappa shape index (κ2) is 49.8. The smallest absolute Gasteiger partial charge is 0.246 e. The summed E-state index contributed by atoms with van der Waals surface area (Å²) in [4.78, 5) is 257. The fourth-order valence-electron chi connectivity index (χ4n) is 16.1. The SMILES string of the molecule is CCCC[C@H]1C(=O)N(C)[C@@H](CCCC)C(=O)N[C@@H](CCCN)C(=O)N[C@H](C(=O)NCC(N)=O)CSCC(=O)N[C@@H](Cc2ccc(O)cc2)C(=O)N(C)[C@@H](C)C(=O)N[C@@H](CC(N)=O)C(=O)N2CCC[C@H]2C(=O)N[C@@H](CN)C(=O)N[C@@H](CC(C)C)C(=O)N2C[C@H](O)C[C@H]2C(=O)N[C@@H](Cc2c[nH]c3ccccc23)C(=O)N[C@@H](CCN)C(=O)N[C@@H](Cc2csc3ccccc23)C(=O)N1C. The van der Waals surface area contributed by atoms with Gasteiger partial charge in [0.2, 0.25) is 100 Å². The Labute approximate surface area is 762 Å². The van der Waals surface area contributed by atoms with E-state index in [1.165, 1.54) is 73.5 Å². The van der Waals surface area contributed by atoms with Crippen molar-refractivity contribution in [3.63, 3.8) is 0 Å². The molecule has 0 bridgehead atoms. The summed E-state index contributed by atoms with van der Waals surface area (Å²) in [6.07, 6.45) is 0.225. The minimum atomic E-state index is -1.76. The number of thiophene rings is 1. The monoisotopic (exact) mass is 1850 g/mol. The van der Waals surface area contributed by atoms with Crippen molar-refractivity contribution in [1.82, 2.24) is 82.7 Å². The van der Waals surface area contributed by atoms with Gasteiger partial charge in [-0.15, -0.1) is 23.1 Å². The second-order valence-electron chi connectivity index (χ2n) is 33.7. The predicted octanol–water partition coefficient (Wildman–Crippen LogP) is -2.37. The van der Waals surface area contributed by atoms with Crippen molar-refractivity contribution < 1.29 is 91.7 Å². The number of likely N-dealkylation sites (N-methyl/N-ethyl adjacent to an activating group) is 3. The van der Waals surface area contributed by atoms with E-state index in [0.717, 1.165) is 36.5 Å². The number of nitrogens with zero attached hydrogens (tertiary/aromatic N) is 5. The lowest BCUT2D eigenvalue weighted by Crippen LogP contribution is -2.62. The molecule has 710 valence electrons. The van der Waals surface area contributed by atoms with E-state index in [-0.39, 0.29) is 108 Å². The molecule has 5 aromatic rings. The number of thioether (sulfide) groups is 1. The van der Waals surface area contributed by atoms with Gasteiger partial charge in [-0.2, -0.15) is 0 Å². The molecule has 2 aromatic heterocycles. The number of carbonyl (C=O) groups is 17. The molecule has 130 heavy (non-hydrogen) atoms. The topological polar surface area (TPSA) is 613 Å². The molecule has 0 unspecified atom stereocenters. The van der Waals surface area contributed by atoms with Crippen LogP contribution in [0.3, 0.4) is 0 Å². The number of rotatable bonds is 25. The Morgan fingerprint density at radius 2 is 1.10 bits per heavy atom. The highest BCUT2D eigenvalue weighted by molar-refractivity contribution is 8.00. The third-order valence-electron chi connectivity index (χ3n) is 23.4. The van der Waals surface area contributed by atoms with Crippen molar-refractivity contribution >= 4 is 145 Å². The number of aromatic amines is 1. The van der Waals surface area contributed by atoms with Crippen LogP contribution < -0.4 is 81.8 Å². The maximum Gasteiger partial charge on any atom is 0.246 e. The van der Waals surface area contributed by atoms with Gasteiger partial charge in [-0.05, 0) is 129 Å². The molecule has 3 fully saturated rings. The number of unbranched alkanes of at least 4 members (excludes halogenated alkanes) is 2. The van der Waals surface area contributed by atoms with E-state index in [1.807, 2.05) is 37.4 Å². The Hall–Kier alpha value is -11.9. The molecule has 0 aliphatic carbocycles. The molecule has 0 saturated carbocycles. The summed E-state index contributed by atoms with van der Waals surface area (Å²) in [5.41, 5.74) is 31.8. The van der Waals surface area contributed by atoms with E-state index in [0.29, 0.717) is 53.3 Å². The Bertz CT molecular complexity index is 4840. The summed E-state index contributed by atoms with van der Waals surface area (Å²) in [5.74, 6) is -16.8. The number of aliphatic hydroxyl groups is 1. The zero-order chi connectivity index (χ0) is 95.3. The van der Waals surface area contributed by atoms with Gasteiger partial charge in [0.05, 0.1) is 24.8 Å². The Balaban J connectivity index is 1.18.